The van der Waals surface area contributed by atoms with Crippen LogP contribution in [0.3, 0.4) is 0 Å². The maximum absolute atomic E-state index is 12.7. The molecular weight excluding hydrogens is 385 g/mol. The van der Waals surface area contributed by atoms with Gasteiger partial charge in [-0.2, -0.15) is 0 Å². The van der Waals surface area contributed by atoms with Gasteiger partial charge in [-0.3, -0.25) is 4.79 Å². The fraction of sp³-hybridized carbons (Fsp3) is 0.286. The van der Waals surface area contributed by atoms with E-state index in [9.17, 15) is 15.0 Å². The number of aliphatic hydroxyl groups is 2. The molecule has 1 amide bonds. The van der Waals surface area contributed by atoms with Crippen LogP contribution in [0.2, 0.25) is 10.0 Å². The Morgan fingerprint density at radius 2 is 1.74 bits per heavy atom. The molecule has 2 aliphatic rings. The topological polar surface area (TPSA) is 60.8 Å². The number of nitrogens with zero attached hydrogens (tertiary/aromatic N) is 1. The fourth-order valence-electron chi connectivity index (χ4n) is 3.88. The first-order valence-corrected chi connectivity index (χ1v) is 9.59. The van der Waals surface area contributed by atoms with Crippen molar-refractivity contribution in [3.05, 3.63) is 74.8 Å². The second kappa shape index (κ2) is 7.28. The van der Waals surface area contributed by atoms with Gasteiger partial charge in [0.05, 0.1) is 0 Å². The molecule has 2 aromatic rings. The molecule has 0 radical (unpaired) electrons. The highest BCUT2D eigenvalue weighted by atomic mass is 35.5. The first-order valence-electron chi connectivity index (χ1n) is 8.84. The monoisotopic (exact) mass is 403 g/mol. The molecule has 0 fully saturated rings. The summed E-state index contributed by atoms with van der Waals surface area (Å²) in [5, 5.41) is 22.0. The van der Waals surface area contributed by atoms with E-state index < -0.39 is 18.1 Å². The van der Waals surface area contributed by atoms with Crippen LogP contribution < -0.4 is 0 Å². The van der Waals surface area contributed by atoms with Crippen LogP contribution in [0, 0.1) is 0 Å². The smallest absolute Gasteiger partial charge is 0.254 e. The minimum Gasteiger partial charge on any atom is -0.385 e. The maximum Gasteiger partial charge on any atom is 0.254 e. The minimum atomic E-state index is -1.51. The number of hydrogen-bond acceptors (Lipinski definition) is 3. The largest absolute Gasteiger partial charge is 0.385 e. The maximum atomic E-state index is 12.7. The predicted octanol–water partition coefficient (Wildman–Crippen LogP) is 3.63. The summed E-state index contributed by atoms with van der Waals surface area (Å²) in [6.45, 7) is 0.971. The molecule has 140 valence electrons. The molecule has 27 heavy (non-hydrogen) atoms. The number of carbonyl (C=O) groups is 1. The zero-order chi connectivity index (χ0) is 19.1. The van der Waals surface area contributed by atoms with Crippen LogP contribution in [0.15, 0.2) is 48.0 Å². The van der Waals surface area contributed by atoms with Gasteiger partial charge in [-0.15, -0.1) is 0 Å². The van der Waals surface area contributed by atoms with Gasteiger partial charge in [0.1, 0.15) is 6.10 Å². The van der Waals surface area contributed by atoms with Crippen LogP contribution in [0.25, 0.3) is 5.57 Å². The molecule has 2 atom stereocenters. The molecule has 2 aromatic carbocycles. The lowest BCUT2D eigenvalue weighted by atomic mass is 9.97. The summed E-state index contributed by atoms with van der Waals surface area (Å²) >= 11 is 12.0. The zero-order valence-corrected chi connectivity index (χ0v) is 16.0. The summed E-state index contributed by atoms with van der Waals surface area (Å²) in [6.07, 6.45) is -1.28. The fourth-order valence-corrected chi connectivity index (χ4v) is 4.18. The second-order valence-corrected chi connectivity index (χ2v) is 7.88. The Balaban J connectivity index is 1.48. The predicted molar refractivity (Wildman–Crippen MR) is 106 cm³/mol. The first-order chi connectivity index (χ1) is 12.9. The van der Waals surface area contributed by atoms with Crippen LogP contribution in [0.4, 0.5) is 0 Å². The molecule has 6 heteroatoms. The average Bonchev–Trinajstić information content (AvgIpc) is 3.03. The zero-order valence-electron chi connectivity index (χ0n) is 14.5. The molecule has 4 rings (SSSR count). The number of aliphatic hydroxyl groups excluding tert-OH is 2. The van der Waals surface area contributed by atoms with Crippen molar-refractivity contribution in [3.8, 4) is 0 Å². The van der Waals surface area contributed by atoms with Gasteiger partial charge in [-0.05, 0) is 64.9 Å². The number of hydrogen-bond donors (Lipinski definition) is 2. The van der Waals surface area contributed by atoms with Crippen LogP contribution in [0.1, 0.15) is 29.2 Å². The van der Waals surface area contributed by atoms with Gasteiger partial charge in [0.2, 0.25) is 0 Å². The number of carbonyl (C=O) groups excluding carboxylic acids is 1. The molecule has 2 N–H and O–H groups in total. The molecule has 1 aliphatic heterocycles. The van der Waals surface area contributed by atoms with E-state index in [1.807, 2.05) is 18.2 Å². The average molecular weight is 404 g/mol. The van der Waals surface area contributed by atoms with E-state index in [4.69, 9.17) is 23.2 Å². The van der Waals surface area contributed by atoms with Crippen molar-refractivity contribution in [1.82, 2.24) is 4.90 Å². The van der Waals surface area contributed by atoms with E-state index in [1.165, 1.54) is 22.3 Å². The summed E-state index contributed by atoms with van der Waals surface area (Å²) < 4.78 is 0. The van der Waals surface area contributed by atoms with E-state index in [-0.39, 0.29) is 0 Å². The number of fused-ring (bicyclic) bond motifs is 2. The lowest BCUT2D eigenvalue weighted by molar-refractivity contribution is -0.146. The second-order valence-electron chi connectivity index (χ2n) is 7.01. The van der Waals surface area contributed by atoms with Crippen molar-refractivity contribution in [2.24, 2.45) is 0 Å². The quantitative estimate of drug-likeness (QED) is 0.822. The van der Waals surface area contributed by atoms with Gasteiger partial charge in [0, 0.05) is 23.1 Å². The molecule has 2 unspecified atom stereocenters. The number of amides is 1. The number of halogens is 2. The van der Waals surface area contributed by atoms with Crippen molar-refractivity contribution in [1.29, 1.82) is 0 Å². The Morgan fingerprint density at radius 1 is 1.04 bits per heavy atom. The van der Waals surface area contributed by atoms with Gasteiger partial charge in [-0.25, -0.2) is 0 Å². The van der Waals surface area contributed by atoms with Gasteiger partial charge in [0.15, 0.2) is 6.10 Å². The van der Waals surface area contributed by atoms with E-state index in [0.29, 0.717) is 28.7 Å². The summed E-state index contributed by atoms with van der Waals surface area (Å²) in [5.41, 5.74) is 5.29. The highest BCUT2D eigenvalue weighted by Crippen LogP contribution is 2.39. The third-order valence-electron chi connectivity index (χ3n) is 5.32. The first kappa shape index (κ1) is 18.5. The van der Waals surface area contributed by atoms with Crippen molar-refractivity contribution in [2.75, 3.05) is 13.1 Å². The van der Waals surface area contributed by atoms with Crippen LogP contribution in [-0.2, 0) is 11.2 Å². The van der Waals surface area contributed by atoms with Crippen molar-refractivity contribution >= 4 is 34.7 Å². The highest BCUT2D eigenvalue weighted by Gasteiger charge is 2.34. The van der Waals surface area contributed by atoms with E-state index in [0.717, 1.165) is 12.8 Å². The molecule has 0 aromatic heterocycles. The third-order valence-corrected chi connectivity index (χ3v) is 5.80. The third kappa shape index (κ3) is 3.50. The highest BCUT2D eigenvalue weighted by molar-refractivity contribution is 6.31. The Bertz CT molecular complexity index is 924. The van der Waals surface area contributed by atoms with Crippen LogP contribution >= 0.6 is 23.2 Å². The van der Waals surface area contributed by atoms with Gasteiger partial charge < -0.3 is 15.1 Å². The Labute approximate surface area is 167 Å². The standard InChI is InChI=1S/C21H19Cl2NO3/c22-15-4-1-12(2-5-15)19(25)20(26)21(27)24-8-7-17-14(11-24)9-13-3-6-16(23)10-18(13)17/h1-6,10,19-20,25-26H,7-9,11H2. The molecule has 1 aliphatic carbocycles. The molecule has 0 saturated carbocycles. The summed E-state index contributed by atoms with van der Waals surface area (Å²) in [5.74, 6) is -0.460. The van der Waals surface area contributed by atoms with Crippen molar-refractivity contribution in [2.45, 2.75) is 25.0 Å². The van der Waals surface area contributed by atoms with Gasteiger partial charge in [0.25, 0.3) is 5.91 Å². The molecule has 4 nitrogen and oxygen atoms in total. The van der Waals surface area contributed by atoms with Crippen LogP contribution in [0.5, 0.6) is 0 Å². The lowest BCUT2D eigenvalue weighted by Gasteiger charge is -2.31. The number of benzene rings is 2. The normalized spacial score (nSPS) is 18.1. The SMILES string of the molecule is O=C(C(O)C(O)c1ccc(Cl)cc1)N1CCC2=C(Cc3ccc(Cl)cc32)C1. The van der Waals surface area contributed by atoms with Crippen molar-refractivity contribution in [3.63, 3.8) is 0 Å². The molecule has 0 spiro atoms. The van der Waals surface area contributed by atoms with E-state index in [1.54, 1.807) is 29.2 Å². The van der Waals surface area contributed by atoms with Crippen LogP contribution in [-0.4, -0.2) is 40.2 Å². The van der Waals surface area contributed by atoms with Gasteiger partial charge in [-0.1, -0.05) is 41.4 Å². The molecule has 0 bridgehead atoms. The lowest BCUT2D eigenvalue weighted by Crippen LogP contribution is -2.44. The summed E-state index contributed by atoms with van der Waals surface area (Å²) in [6, 6.07) is 12.4. The molecule has 1 heterocycles. The summed E-state index contributed by atoms with van der Waals surface area (Å²) in [4.78, 5) is 14.4. The van der Waals surface area contributed by atoms with Gasteiger partial charge >= 0.3 is 0 Å². The van der Waals surface area contributed by atoms with Crippen molar-refractivity contribution < 1.29 is 15.0 Å². The molecule has 0 saturated heterocycles. The van der Waals surface area contributed by atoms with E-state index in [2.05, 4.69) is 0 Å². The number of rotatable bonds is 3. The van der Waals surface area contributed by atoms with E-state index >= 15 is 0 Å². The summed E-state index contributed by atoms with van der Waals surface area (Å²) in [7, 11) is 0. The molecular formula is C21H19Cl2NO3. The Kier molecular flexibility index (Phi) is 4.99. The Morgan fingerprint density at radius 3 is 2.48 bits per heavy atom. The minimum absolute atomic E-state index is 0.458. The Hall–Kier alpha value is -1.85.